The minimum atomic E-state index is -1.49. The van der Waals surface area contributed by atoms with Crippen molar-refractivity contribution < 1.29 is 39.6 Å². The van der Waals surface area contributed by atoms with E-state index >= 15 is 0 Å². The van der Waals surface area contributed by atoms with Gasteiger partial charge in [0, 0.05) is 11.5 Å². The third kappa shape index (κ3) is 2.63. The molecule has 5 unspecified atom stereocenters. The zero-order valence-corrected chi connectivity index (χ0v) is 13.4. The minimum absolute atomic E-state index is 0.111. The Hall–Kier alpha value is -3.16. The van der Waals surface area contributed by atoms with Gasteiger partial charge in [-0.3, -0.25) is 14.4 Å². The highest BCUT2D eigenvalue weighted by molar-refractivity contribution is 5.98. The number of carbonyl (C=O) groups is 4. The molecule has 1 saturated carbocycles. The number of carboxylic acid groups (broad SMARTS) is 4. The molecule has 136 valence electrons. The van der Waals surface area contributed by atoms with Crippen LogP contribution in [-0.4, -0.2) is 44.3 Å². The molecule has 0 radical (unpaired) electrons. The number of fused-ring (bicyclic) bond motifs is 1. The minimum Gasteiger partial charge on any atom is -0.481 e. The maximum absolute atomic E-state index is 11.8. The van der Waals surface area contributed by atoms with Crippen molar-refractivity contribution in [3.8, 4) is 0 Å². The molecule has 0 saturated heterocycles. The van der Waals surface area contributed by atoms with E-state index in [9.17, 15) is 39.6 Å². The van der Waals surface area contributed by atoms with Gasteiger partial charge in [-0.1, -0.05) is 24.3 Å². The Kier molecular flexibility index (Phi) is 4.27. The van der Waals surface area contributed by atoms with Crippen LogP contribution in [0.15, 0.2) is 29.8 Å². The van der Waals surface area contributed by atoms with Crippen molar-refractivity contribution in [1.82, 2.24) is 0 Å². The molecule has 8 heteroatoms. The first-order valence-corrected chi connectivity index (χ1v) is 7.96. The summed E-state index contributed by atoms with van der Waals surface area (Å²) in [6.45, 7) is 0. The largest absolute Gasteiger partial charge is 0.481 e. The van der Waals surface area contributed by atoms with Crippen molar-refractivity contribution in [2.24, 2.45) is 23.7 Å². The fraction of sp³-hybridized carbons (Fsp3) is 0.333. The van der Waals surface area contributed by atoms with Gasteiger partial charge in [-0.05, 0) is 29.5 Å². The molecule has 0 aromatic heterocycles. The number of rotatable bonds is 5. The average molecular weight is 360 g/mol. The Morgan fingerprint density at radius 3 is 2.00 bits per heavy atom. The smallest absolute Gasteiger partial charge is 0.332 e. The SMILES string of the molecule is O=C(O)C1=Cc2ccccc2C1C1C(C(=O)O)CC(C(=O)O)C1C(=O)O. The molecule has 5 atom stereocenters. The second-order valence-corrected chi connectivity index (χ2v) is 6.58. The lowest BCUT2D eigenvalue weighted by molar-refractivity contribution is -0.154. The van der Waals surface area contributed by atoms with Crippen LogP contribution in [0.1, 0.15) is 23.5 Å². The summed E-state index contributed by atoms with van der Waals surface area (Å²) in [5, 5.41) is 38.1. The van der Waals surface area contributed by atoms with Crippen LogP contribution in [0.3, 0.4) is 0 Å². The monoisotopic (exact) mass is 360 g/mol. The van der Waals surface area contributed by atoms with E-state index in [4.69, 9.17) is 0 Å². The molecule has 2 aliphatic rings. The molecule has 8 nitrogen and oxygen atoms in total. The van der Waals surface area contributed by atoms with Gasteiger partial charge in [-0.25, -0.2) is 4.79 Å². The predicted octanol–water partition coefficient (Wildman–Crippen LogP) is 1.37. The normalized spacial score (nSPS) is 29.7. The van der Waals surface area contributed by atoms with Gasteiger partial charge in [-0.2, -0.15) is 0 Å². The number of hydrogen-bond acceptors (Lipinski definition) is 4. The van der Waals surface area contributed by atoms with Gasteiger partial charge in [0.1, 0.15) is 0 Å². The van der Waals surface area contributed by atoms with Crippen LogP contribution in [0.25, 0.3) is 6.08 Å². The van der Waals surface area contributed by atoms with E-state index < -0.39 is 53.5 Å². The Morgan fingerprint density at radius 1 is 0.846 bits per heavy atom. The summed E-state index contributed by atoms with van der Waals surface area (Å²) in [6, 6.07) is 6.63. The first kappa shape index (κ1) is 17.7. The summed E-state index contributed by atoms with van der Waals surface area (Å²) < 4.78 is 0. The summed E-state index contributed by atoms with van der Waals surface area (Å²) in [4.78, 5) is 46.8. The zero-order chi connectivity index (χ0) is 19.2. The molecule has 1 aromatic carbocycles. The highest BCUT2D eigenvalue weighted by atomic mass is 16.4. The van der Waals surface area contributed by atoms with Gasteiger partial charge in [0.15, 0.2) is 0 Å². The molecule has 1 aromatic rings. The Morgan fingerprint density at radius 2 is 1.46 bits per heavy atom. The lowest BCUT2D eigenvalue weighted by Crippen LogP contribution is -2.35. The molecule has 0 heterocycles. The number of aliphatic carboxylic acids is 4. The zero-order valence-electron chi connectivity index (χ0n) is 13.4. The molecule has 0 aliphatic heterocycles. The Bertz CT molecular complexity index is 839. The van der Waals surface area contributed by atoms with Crippen molar-refractivity contribution in [3.63, 3.8) is 0 Å². The first-order valence-electron chi connectivity index (χ1n) is 7.96. The van der Waals surface area contributed by atoms with Crippen molar-refractivity contribution in [2.45, 2.75) is 12.3 Å². The highest BCUT2D eigenvalue weighted by Gasteiger charge is 2.57. The molecular weight excluding hydrogens is 344 g/mol. The third-order valence-electron chi connectivity index (χ3n) is 5.35. The van der Waals surface area contributed by atoms with E-state index in [-0.39, 0.29) is 12.0 Å². The maximum Gasteiger partial charge on any atom is 0.332 e. The van der Waals surface area contributed by atoms with E-state index in [2.05, 4.69) is 0 Å². The topological polar surface area (TPSA) is 149 Å². The van der Waals surface area contributed by atoms with Crippen LogP contribution >= 0.6 is 0 Å². The second-order valence-electron chi connectivity index (χ2n) is 6.58. The van der Waals surface area contributed by atoms with E-state index in [1.807, 2.05) is 0 Å². The lowest BCUT2D eigenvalue weighted by Gasteiger charge is -2.29. The van der Waals surface area contributed by atoms with E-state index in [0.29, 0.717) is 11.1 Å². The second kappa shape index (κ2) is 6.29. The molecule has 4 N–H and O–H groups in total. The summed E-state index contributed by atoms with van der Waals surface area (Å²) in [6.07, 6.45) is 1.05. The van der Waals surface area contributed by atoms with Gasteiger partial charge < -0.3 is 20.4 Å². The van der Waals surface area contributed by atoms with Crippen LogP contribution in [0.4, 0.5) is 0 Å². The van der Waals surface area contributed by atoms with E-state index in [1.54, 1.807) is 24.3 Å². The van der Waals surface area contributed by atoms with Gasteiger partial charge in [0.05, 0.1) is 17.8 Å². The van der Waals surface area contributed by atoms with Gasteiger partial charge in [0.2, 0.25) is 0 Å². The van der Waals surface area contributed by atoms with E-state index in [1.165, 1.54) is 6.08 Å². The standard InChI is InChI=1S/C18H16O8/c19-15(20)9-5-7-3-1-2-4-8(7)12(9)13-10(16(21)22)6-11(17(23)24)14(13)18(25)26/h1-5,10-14H,6H2,(H,19,20)(H,21,22)(H,23,24)(H,25,26). The van der Waals surface area contributed by atoms with Crippen molar-refractivity contribution in [1.29, 1.82) is 0 Å². The highest BCUT2D eigenvalue weighted by Crippen LogP contribution is 2.54. The molecule has 1 fully saturated rings. The molecule has 26 heavy (non-hydrogen) atoms. The first-order chi connectivity index (χ1) is 12.2. The average Bonchev–Trinajstić information content (AvgIpc) is 3.13. The van der Waals surface area contributed by atoms with Crippen molar-refractivity contribution >= 4 is 30.0 Å². The lowest BCUT2D eigenvalue weighted by atomic mass is 9.72. The molecule has 2 aliphatic carbocycles. The summed E-state index contributed by atoms with van der Waals surface area (Å²) >= 11 is 0. The van der Waals surface area contributed by atoms with E-state index in [0.717, 1.165) is 0 Å². The summed E-state index contributed by atoms with van der Waals surface area (Å²) in [5.41, 5.74) is 0.972. The number of hydrogen-bond donors (Lipinski definition) is 4. The molecule has 3 rings (SSSR count). The maximum atomic E-state index is 11.8. The van der Waals surface area contributed by atoms with Crippen molar-refractivity contribution in [2.75, 3.05) is 0 Å². The van der Waals surface area contributed by atoms with Gasteiger partial charge >= 0.3 is 23.9 Å². The van der Waals surface area contributed by atoms with Gasteiger partial charge in [0.25, 0.3) is 0 Å². The van der Waals surface area contributed by atoms with Crippen LogP contribution in [0.5, 0.6) is 0 Å². The van der Waals surface area contributed by atoms with Crippen LogP contribution in [-0.2, 0) is 19.2 Å². The van der Waals surface area contributed by atoms with Crippen LogP contribution < -0.4 is 0 Å². The molecule has 0 amide bonds. The van der Waals surface area contributed by atoms with Crippen LogP contribution in [0, 0.1) is 23.7 Å². The molecular formula is C18H16O8. The number of carboxylic acids is 4. The Labute approximate surface area is 147 Å². The number of benzene rings is 1. The fourth-order valence-corrected chi connectivity index (χ4v) is 4.35. The summed E-state index contributed by atoms with van der Waals surface area (Å²) in [7, 11) is 0. The fourth-order valence-electron chi connectivity index (χ4n) is 4.35. The Balaban J connectivity index is 2.18. The quantitative estimate of drug-likeness (QED) is 0.615. The molecule has 0 bridgehead atoms. The summed E-state index contributed by atoms with van der Waals surface area (Å²) in [5.74, 6) is -11.7. The predicted molar refractivity (Wildman–Crippen MR) is 86.3 cm³/mol. The third-order valence-corrected chi connectivity index (χ3v) is 5.35. The van der Waals surface area contributed by atoms with Crippen LogP contribution in [0.2, 0.25) is 0 Å². The molecule has 0 spiro atoms. The van der Waals surface area contributed by atoms with Gasteiger partial charge in [-0.15, -0.1) is 0 Å². The van der Waals surface area contributed by atoms with Crippen molar-refractivity contribution in [3.05, 3.63) is 41.0 Å².